The summed E-state index contributed by atoms with van der Waals surface area (Å²) in [5.41, 5.74) is 0.731. The van der Waals surface area contributed by atoms with Crippen LogP contribution in [0.3, 0.4) is 0 Å². The van der Waals surface area contributed by atoms with E-state index in [1.807, 2.05) is 4.90 Å². The Morgan fingerprint density at radius 2 is 1.93 bits per heavy atom. The van der Waals surface area contributed by atoms with Crippen LogP contribution in [-0.4, -0.2) is 48.4 Å². The molecule has 0 radical (unpaired) electrons. The predicted octanol–water partition coefficient (Wildman–Crippen LogP) is 4.19. The molecule has 0 aliphatic carbocycles. The van der Waals surface area contributed by atoms with Gasteiger partial charge in [-0.1, -0.05) is 23.2 Å². The average Bonchev–Trinajstić information content (AvgIpc) is 3.38. The van der Waals surface area contributed by atoms with Crippen LogP contribution >= 0.6 is 23.2 Å². The number of likely N-dealkylation sites (tertiary alicyclic amines) is 1. The Bertz CT molecular complexity index is 827. The first kappa shape index (κ1) is 19.7. The number of oxazole rings is 1. The van der Waals surface area contributed by atoms with Crippen molar-refractivity contribution in [2.24, 2.45) is 5.92 Å². The fourth-order valence-corrected chi connectivity index (χ4v) is 4.18. The van der Waals surface area contributed by atoms with Crippen LogP contribution in [0.5, 0.6) is 0 Å². The van der Waals surface area contributed by atoms with Gasteiger partial charge in [0.2, 0.25) is 5.91 Å². The van der Waals surface area contributed by atoms with E-state index >= 15 is 0 Å². The van der Waals surface area contributed by atoms with Gasteiger partial charge in [-0.25, -0.2) is 4.98 Å². The Hall–Kier alpha value is -1.60. The Morgan fingerprint density at radius 1 is 1.18 bits per heavy atom. The van der Waals surface area contributed by atoms with Gasteiger partial charge in [0.05, 0.1) is 24.4 Å². The number of carbonyl (C=O) groups excluding carboxylic acids is 1. The summed E-state index contributed by atoms with van der Waals surface area (Å²) < 4.78 is 16.9. The van der Waals surface area contributed by atoms with Crippen molar-refractivity contribution in [1.82, 2.24) is 9.88 Å². The summed E-state index contributed by atoms with van der Waals surface area (Å²) in [6.07, 6.45) is 4.18. The van der Waals surface area contributed by atoms with E-state index in [1.165, 1.54) is 0 Å². The summed E-state index contributed by atoms with van der Waals surface area (Å²) in [5.74, 6) is 1.60. The third-order valence-corrected chi connectivity index (χ3v) is 5.78. The van der Waals surface area contributed by atoms with Crippen molar-refractivity contribution < 1.29 is 18.7 Å². The van der Waals surface area contributed by atoms with Crippen LogP contribution < -0.4 is 0 Å². The van der Waals surface area contributed by atoms with Gasteiger partial charge in [0.15, 0.2) is 17.9 Å². The number of piperidine rings is 1. The molecule has 1 aromatic heterocycles. The molecule has 0 atom stereocenters. The molecule has 0 bridgehead atoms. The number of amides is 1. The Balaban J connectivity index is 1.28. The number of aryl methyl sites for hydroxylation is 1. The first-order valence-corrected chi connectivity index (χ1v) is 10.3. The molecule has 0 unspecified atom stereocenters. The zero-order valence-electron chi connectivity index (χ0n) is 15.4. The monoisotopic (exact) mass is 424 g/mol. The number of nitrogens with zero attached hydrogens (tertiary/aromatic N) is 2. The highest BCUT2D eigenvalue weighted by atomic mass is 35.5. The molecule has 0 saturated carbocycles. The molecule has 0 spiro atoms. The molecular formula is C20H22Cl2N2O4. The van der Waals surface area contributed by atoms with E-state index in [4.69, 9.17) is 37.1 Å². The fourth-order valence-electron chi connectivity index (χ4n) is 3.68. The minimum Gasteiger partial charge on any atom is -0.441 e. The summed E-state index contributed by atoms with van der Waals surface area (Å²) in [4.78, 5) is 18.7. The summed E-state index contributed by atoms with van der Waals surface area (Å²) >= 11 is 12.1. The number of hydrogen-bond donors (Lipinski definition) is 0. The lowest BCUT2D eigenvalue weighted by atomic mass is 9.96. The molecule has 28 heavy (non-hydrogen) atoms. The van der Waals surface area contributed by atoms with Crippen LogP contribution in [0.1, 0.15) is 25.2 Å². The van der Waals surface area contributed by atoms with Crippen LogP contribution in [0, 0.1) is 5.92 Å². The van der Waals surface area contributed by atoms with E-state index < -0.39 is 0 Å². The van der Waals surface area contributed by atoms with Gasteiger partial charge >= 0.3 is 0 Å². The Labute approximate surface area is 173 Å². The van der Waals surface area contributed by atoms with E-state index in [2.05, 4.69) is 4.98 Å². The van der Waals surface area contributed by atoms with Crippen molar-refractivity contribution in [3.63, 3.8) is 0 Å². The molecular weight excluding hydrogens is 403 g/mol. The molecule has 2 aliphatic rings. The standard InChI is InChI=1S/C20H22Cl2N2O4/c21-14-1-2-15(16(22)11-14)17-12-23-18(28-17)3-4-19(25)24-7-5-13(6-8-24)20-26-9-10-27-20/h1-2,11-13,20H,3-10H2. The van der Waals surface area contributed by atoms with E-state index in [1.54, 1.807) is 24.4 Å². The number of rotatable bonds is 5. The number of hydrogen-bond acceptors (Lipinski definition) is 5. The molecule has 1 aromatic carbocycles. The fraction of sp³-hybridized carbons (Fsp3) is 0.500. The van der Waals surface area contributed by atoms with Gasteiger partial charge in [-0.2, -0.15) is 0 Å². The maximum Gasteiger partial charge on any atom is 0.223 e. The largest absolute Gasteiger partial charge is 0.441 e. The van der Waals surface area contributed by atoms with Gasteiger partial charge in [-0.3, -0.25) is 4.79 Å². The second-order valence-electron chi connectivity index (χ2n) is 7.07. The van der Waals surface area contributed by atoms with E-state index in [9.17, 15) is 4.79 Å². The van der Waals surface area contributed by atoms with E-state index in [0.717, 1.165) is 31.5 Å². The number of carbonyl (C=O) groups is 1. The number of benzene rings is 1. The predicted molar refractivity (Wildman–Crippen MR) is 105 cm³/mol. The topological polar surface area (TPSA) is 64.8 Å². The Morgan fingerprint density at radius 3 is 2.64 bits per heavy atom. The van der Waals surface area contributed by atoms with Gasteiger partial charge in [0.25, 0.3) is 0 Å². The maximum absolute atomic E-state index is 12.5. The quantitative estimate of drug-likeness (QED) is 0.719. The summed E-state index contributed by atoms with van der Waals surface area (Å²) in [7, 11) is 0. The molecule has 2 aromatic rings. The third-order valence-electron chi connectivity index (χ3n) is 5.23. The maximum atomic E-state index is 12.5. The van der Waals surface area contributed by atoms with Gasteiger partial charge in [-0.15, -0.1) is 0 Å². The second-order valence-corrected chi connectivity index (χ2v) is 7.91. The normalized spacial score (nSPS) is 18.7. The van der Waals surface area contributed by atoms with Crippen LogP contribution in [0.25, 0.3) is 11.3 Å². The highest BCUT2D eigenvalue weighted by Crippen LogP contribution is 2.31. The molecule has 4 rings (SSSR count). The van der Waals surface area contributed by atoms with Crippen molar-refractivity contribution in [3.8, 4) is 11.3 Å². The molecule has 8 heteroatoms. The van der Waals surface area contributed by atoms with E-state index in [0.29, 0.717) is 53.7 Å². The zero-order chi connectivity index (χ0) is 19.5. The van der Waals surface area contributed by atoms with Gasteiger partial charge < -0.3 is 18.8 Å². The van der Waals surface area contributed by atoms with Crippen molar-refractivity contribution >= 4 is 29.1 Å². The van der Waals surface area contributed by atoms with Crippen molar-refractivity contribution in [1.29, 1.82) is 0 Å². The summed E-state index contributed by atoms with van der Waals surface area (Å²) in [5, 5.41) is 1.07. The lowest BCUT2D eigenvalue weighted by molar-refractivity contribution is -0.136. The number of aromatic nitrogens is 1. The zero-order valence-corrected chi connectivity index (χ0v) is 16.9. The molecule has 1 amide bonds. The van der Waals surface area contributed by atoms with Crippen LogP contribution in [0.4, 0.5) is 0 Å². The van der Waals surface area contributed by atoms with Gasteiger partial charge in [-0.05, 0) is 31.0 Å². The molecule has 6 nitrogen and oxygen atoms in total. The average molecular weight is 425 g/mol. The highest BCUT2D eigenvalue weighted by Gasteiger charge is 2.31. The number of halogens is 2. The minimum atomic E-state index is -0.0947. The van der Waals surface area contributed by atoms with Crippen molar-refractivity contribution in [2.75, 3.05) is 26.3 Å². The Kier molecular flexibility index (Phi) is 6.21. The third kappa shape index (κ3) is 4.51. The van der Waals surface area contributed by atoms with Crippen molar-refractivity contribution in [2.45, 2.75) is 32.0 Å². The SMILES string of the molecule is O=C(CCc1ncc(-c2ccc(Cl)cc2Cl)o1)N1CCC(C2OCCO2)CC1. The highest BCUT2D eigenvalue weighted by molar-refractivity contribution is 6.36. The van der Waals surface area contributed by atoms with E-state index in [-0.39, 0.29) is 12.2 Å². The lowest BCUT2D eigenvalue weighted by Gasteiger charge is -2.33. The molecule has 2 fully saturated rings. The summed E-state index contributed by atoms with van der Waals surface area (Å²) in [6, 6.07) is 5.21. The second kappa shape index (κ2) is 8.82. The molecule has 0 N–H and O–H groups in total. The van der Waals surface area contributed by atoms with Gasteiger partial charge in [0.1, 0.15) is 0 Å². The first-order chi connectivity index (χ1) is 13.6. The minimum absolute atomic E-state index is 0.0947. The smallest absolute Gasteiger partial charge is 0.223 e. The molecule has 150 valence electrons. The van der Waals surface area contributed by atoms with Crippen LogP contribution in [0.15, 0.2) is 28.8 Å². The molecule has 2 saturated heterocycles. The molecule has 3 heterocycles. The van der Waals surface area contributed by atoms with Crippen molar-refractivity contribution in [3.05, 3.63) is 40.3 Å². The van der Waals surface area contributed by atoms with Gasteiger partial charge in [0, 0.05) is 42.4 Å². The molecule has 2 aliphatic heterocycles. The van der Waals surface area contributed by atoms with Crippen LogP contribution in [-0.2, 0) is 20.7 Å². The first-order valence-electron chi connectivity index (χ1n) is 9.51. The van der Waals surface area contributed by atoms with Crippen LogP contribution in [0.2, 0.25) is 10.0 Å². The lowest BCUT2D eigenvalue weighted by Crippen LogP contribution is -2.41. The number of ether oxygens (including phenoxy) is 2. The summed E-state index contributed by atoms with van der Waals surface area (Å²) in [6.45, 7) is 2.82.